The third-order valence-electron chi connectivity index (χ3n) is 4.00. The van der Waals surface area contributed by atoms with Crippen molar-refractivity contribution in [3.05, 3.63) is 82.1 Å². The topological polar surface area (TPSA) is 54.5 Å². The van der Waals surface area contributed by atoms with Crippen molar-refractivity contribution in [1.82, 2.24) is 0 Å². The van der Waals surface area contributed by atoms with Crippen LogP contribution in [-0.2, 0) is 16.4 Å². The summed E-state index contributed by atoms with van der Waals surface area (Å²) in [5, 5.41) is 1.77. The molecule has 3 rings (SSSR count). The molecule has 2 aromatic carbocycles. The second-order valence-electron chi connectivity index (χ2n) is 5.90. The van der Waals surface area contributed by atoms with Crippen molar-refractivity contribution in [1.29, 1.82) is 0 Å². The number of anilines is 1. The number of nitrogens with zero attached hydrogens (tertiary/aromatic N) is 1. The van der Waals surface area contributed by atoms with Gasteiger partial charge in [0.25, 0.3) is 5.91 Å². The van der Waals surface area contributed by atoms with E-state index < -0.39 is 38.0 Å². The lowest BCUT2D eigenvalue weighted by atomic mass is 10.1. The second-order valence-corrected chi connectivity index (χ2v) is 8.85. The highest BCUT2D eigenvalue weighted by Gasteiger charge is 2.27. The predicted octanol–water partition coefficient (Wildman–Crippen LogP) is 4.87. The van der Waals surface area contributed by atoms with Gasteiger partial charge in [-0.3, -0.25) is 4.79 Å². The minimum Gasteiger partial charge on any atom is -0.300 e. The lowest BCUT2D eigenvalue weighted by Crippen LogP contribution is -2.31. The predicted molar refractivity (Wildman–Crippen MR) is 101 cm³/mol. The quantitative estimate of drug-likeness (QED) is 0.511. The largest absolute Gasteiger partial charge is 0.341 e. The van der Waals surface area contributed by atoms with Gasteiger partial charge in [-0.15, -0.1) is 11.3 Å². The van der Waals surface area contributed by atoms with Crippen molar-refractivity contribution >= 4 is 32.8 Å². The van der Waals surface area contributed by atoms with E-state index in [9.17, 15) is 30.8 Å². The van der Waals surface area contributed by atoms with Crippen LogP contribution in [0.4, 0.5) is 23.2 Å². The number of hydrogen-bond acceptors (Lipinski definition) is 4. The van der Waals surface area contributed by atoms with E-state index in [1.807, 2.05) is 0 Å². The number of carbonyl (C=O) groups excluding carboxylic acids is 1. The van der Waals surface area contributed by atoms with Crippen molar-refractivity contribution in [3.8, 4) is 0 Å². The first-order valence-electron chi connectivity index (χ1n) is 8.11. The lowest BCUT2D eigenvalue weighted by Gasteiger charge is -2.23. The molecule has 0 radical (unpaired) electrons. The Balaban J connectivity index is 1.98. The first kappa shape index (κ1) is 21.0. The summed E-state index contributed by atoms with van der Waals surface area (Å²) < 4.78 is 76.0. The van der Waals surface area contributed by atoms with E-state index in [2.05, 4.69) is 0 Å². The zero-order chi connectivity index (χ0) is 21.2. The number of thiophene rings is 1. The van der Waals surface area contributed by atoms with Gasteiger partial charge in [0.1, 0.15) is 11.6 Å². The van der Waals surface area contributed by atoms with Gasteiger partial charge in [0.15, 0.2) is 0 Å². The molecular weight excluding hydrogens is 430 g/mol. The number of halogens is 4. The van der Waals surface area contributed by atoms with Crippen LogP contribution in [0.15, 0.2) is 64.9 Å². The van der Waals surface area contributed by atoms with Crippen molar-refractivity contribution in [2.24, 2.45) is 0 Å². The van der Waals surface area contributed by atoms with Crippen LogP contribution < -0.4 is 4.90 Å². The fourth-order valence-corrected chi connectivity index (χ4v) is 3.98. The van der Waals surface area contributed by atoms with Crippen molar-refractivity contribution in [2.75, 3.05) is 4.90 Å². The summed E-state index contributed by atoms with van der Waals surface area (Å²) in [5.74, 6) is -6.05. The zero-order valence-corrected chi connectivity index (χ0v) is 16.2. The van der Waals surface area contributed by atoms with Crippen LogP contribution in [0.3, 0.4) is 0 Å². The molecule has 0 unspecified atom stereocenters. The van der Waals surface area contributed by atoms with Crippen LogP contribution in [0.5, 0.6) is 0 Å². The van der Waals surface area contributed by atoms with E-state index in [4.69, 9.17) is 0 Å². The summed E-state index contributed by atoms with van der Waals surface area (Å²) in [7, 11) is -4.80. The highest BCUT2D eigenvalue weighted by atomic mass is 32.2. The number of sulfone groups is 1. The van der Waals surface area contributed by atoms with E-state index in [-0.39, 0.29) is 17.8 Å². The maximum Gasteiger partial charge on any atom is 0.341 e. The third kappa shape index (κ3) is 4.48. The molecule has 0 saturated heterocycles. The van der Waals surface area contributed by atoms with Gasteiger partial charge in [-0.1, -0.05) is 6.07 Å². The number of carbonyl (C=O) groups is 1. The molecule has 0 bridgehead atoms. The van der Waals surface area contributed by atoms with Crippen LogP contribution in [-0.4, -0.2) is 20.1 Å². The minimum atomic E-state index is -4.80. The van der Waals surface area contributed by atoms with E-state index in [1.165, 1.54) is 11.3 Å². The fraction of sp³-hybridized carbons (Fsp3) is 0.105. The molecule has 29 heavy (non-hydrogen) atoms. The summed E-state index contributed by atoms with van der Waals surface area (Å²) in [6.07, 6.45) is 0. The lowest BCUT2D eigenvalue weighted by molar-refractivity contribution is 0.0984. The number of benzene rings is 2. The number of hydrogen-bond donors (Lipinski definition) is 0. The Labute approximate surface area is 167 Å². The summed E-state index contributed by atoms with van der Waals surface area (Å²) in [4.78, 5) is 14.1. The van der Waals surface area contributed by atoms with Gasteiger partial charge in [0.2, 0.25) is 9.84 Å². The molecule has 0 aliphatic rings. The Morgan fingerprint density at radius 1 is 1.03 bits per heavy atom. The van der Waals surface area contributed by atoms with Crippen molar-refractivity contribution < 1.29 is 30.8 Å². The highest BCUT2D eigenvalue weighted by molar-refractivity contribution is 7.91. The first-order valence-corrected chi connectivity index (χ1v) is 10.5. The Morgan fingerprint density at radius 2 is 1.72 bits per heavy atom. The summed E-state index contributed by atoms with van der Waals surface area (Å²) in [6, 6.07) is 10.1. The molecule has 1 amide bonds. The molecular formula is C19H13F4NO3S2. The molecule has 1 aromatic heterocycles. The van der Waals surface area contributed by atoms with Crippen LogP contribution in [0.25, 0.3) is 0 Å². The number of amides is 1. The normalized spacial score (nSPS) is 11.6. The SMILES string of the molecule is O=C(c1ccc(S(=O)(=O)C(F)F)cc1)N(Cc1cccs1)c1ccc(F)cc1F. The Kier molecular flexibility index (Phi) is 6.04. The van der Waals surface area contributed by atoms with Gasteiger partial charge in [-0.05, 0) is 47.8 Å². The van der Waals surface area contributed by atoms with Gasteiger partial charge < -0.3 is 4.90 Å². The van der Waals surface area contributed by atoms with Crippen LogP contribution in [0, 0.1) is 11.6 Å². The summed E-state index contributed by atoms with van der Waals surface area (Å²) in [6.45, 7) is -0.0177. The summed E-state index contributed by atoms with van der Waals surface area (Å²) >= 11 is 1.32. The van der Waals surface area contributed by atoms with Gasteiger partial charge in [-0.2, -0.15) is 8.78 Å². The van der Waals surface area contributed by atoms with Crippen LogP contribution >= 0.6 is 11.3 Å². The Bertz CT molecular complexity index is 1110. The molecule has 0 saturated carbocycles. The minimum absolute atomic E-state index is 0.0177. The second kappa shape index (κ2) is 8.34. The van der Waals surface area contributed by atoms with E-state index in [1.54, 1.807) is 17.5 Å². The van der Waals surface area contributed by atoms with Gasteiger partial charge in [0.05, 0.1) is 17.1 Å². The standard InChI is InChI=1S/C19H13F4NO3S2/c20-13-5-8-17(16(21)10-13)24(11-14-2-1-9-28-14)18(25)12-3-6-15(7-4-12)29(26,27)19(22)23/h1-10,19H,11H2. The third-order valence-corrected chi connectivity index (χ3v) is 6.26. The molecule has 0 N–H and O–H groups in total. The van der Waals surface area contributed by atoms with Gasteiger partial charge >= 0.3 is 5.76 Å². The number of rotatable bonds is 6. The van der Waals surface area contributed by atoms with E-state index >= 15 is 0 Å². The Morgan fingerprint density at radius 3 is 2.28 bits per heavy atom. The molecule has 0 aliphatic carbocycles. The van der Waals surface area contributed by atoms with Gasteiger partial charge in [0, 0.05) is 16.5 Å². The fourth-order valence-electron chi connectivity index (χ4n) is 2.57. The molecule has 0 atom stereocenters. The van der Waals surface area contributed by atoms with Crippen molar-refractivity contribution in [2.45, 2.75) is 17.2 Å². The zero-order valence-electron chi connectivity index (χ0n) is 14.6. The van der Waals surface area contributed by atoms with Gasteiger partial charge in [-0.25, -0.2) is 17.2 Å². The molecule has 0 spiro atoms. The smallest absolute Gasteiger partial charge is 0.300 e. The summed E-state index contributed by atoms with van der Waals surface area (Å²) in [5.41, 5.74) is -0.215. The van der Waals surface area contributed by atoms with E-state index in [0.29, 0.717) is 6.07 Å². The molecule has 1 heterocycles. The van der Waals surface area contributed by atoms with Crippen LogP contribution in [0.2, 0.25) is 0 Å². The van der Waals surface area contributed by atoms with Crippen molar-refractivity contribution in [3.63, 3.8) is 0 Å². The Hall–Kier alpha value is -2.72. The average molecular weight is 443 g/mol. The maximum atomic E-state index is 14.3. The maximum absolute atomic E-state index is 14.3. The van der Waals surface area contributed by atoms with Crippen LogP contribution in [0.1, 0.15) is 15.2 Å². The molecule has 0 aliphatic heterocycles. The number of alkyl halides is 2. The monoisotopic (exact) mass is 443 g/mol. The molecule has 3 aromatic rings. The van der Waals surface area contributed by atoms with E-state index in [0.717, 1.165) is 46.2 Å². The first-order chi connectivity index (χ1) is 13.7. The highest BCUT2D eigenvalue weighted by Crippen LogP contribution is 2.26. The molecule has 0 fully saturated rings. The molecule has 152 valence electrons. The molecule has 4 nitrogen and oxygen atoms in total. The molecule has 10 heteroatoms. The average Bonchev–Trinajstić information content (AvgIpc) is 3.19.